The Kier molecular flexibility index (Phi) is 5.53. The highest BCUT2D eigenvalue weighted by molar-refractivity contribution is 7.85. The van der Waals surface area contributed by atoms with Gasteiger partial charge >= 0.3 is 0 Å². The van der Waals surface area contributed by atoms with Gasteiger partial charge in [0, 0.05) is 6.42 Å². The van der Waals surface area contributed by atoms with Gasteiger partial charge in [0.1, 0.15) is 5.75 Å². The molecule has 0 aliphatic rings. The Bertz CT molecular complexity index is 247. The number of rotatable bonds is 6. The van der Waals surface area contributed by atoms with Crippen LogP contribution >= 0.6 is 0 Å². The lowest BCUT2D eigenvalue weighted by Gasteiger charge is -2.15. The summed E-state index contributed by atoms with van der Waals surface area (Å²) in [7, 11) is -4.22. The molecule has 0 aromatic heterocycles. The molecule has 0 fully saturated rings. The predicted molar refractivity (Wildman–Crippen MR) is 49.3 cm³/mol. The Morgan fingerprint density at radius 2 is 1.57 bits per heavy atom. The second-order valence-electron chi connectivity index (χ2n) is 3.38. The molecule has 0 amide bonds. The second-order valence-corrected chi connectivity index (χ2v) is 4.87. The molecule has 0 spiro atoms. The monoisotopic (exact) mass is 228 g/mol. The first-order valence-corrected chi connectivity index (χ1v) is 5.81. The highest BCUT2D eigenvalue weighted by Crippen LogP contribution is 2.06. The fourth-order valence-electron chi connectivity index (χ4n) is 1.12. The molecule has 0 heterocycles. The molecule has 0 aliphatic carbocycles. The van der Waals surface area contributed by atoms with Gasteiger partial charge < -0.3 is 15.3 Å². The normalized spacial score (nSPS) is 18.9. The largest absolute Gasteiger partial charge is 0.393 e. The Hall–Kier alpha value is -0.210. The predicted octanol–water partition coefficient (Wildman–Crippen LogP) is -1.24. The molecule has 3 atom stereocenters. The number of aliphatic hydroxyl groups excluding tert-OH is 3. The summed E-state index contributed by atoms with van der Waals surface area (Å²) in [5.74, 6) is -0.802. The Morgan fingerprint density at radius 1 is 1.07 bits per heavy atom. The minimum absolute atomic E-state index is 0.0581. The zero-order valence-electron chi connectivity index (χ0n) is 7.87. The molecule has 7 heteroatoms. The molecule has 86 valence electrons. The fourth-order valence-corrected chi connectivity index (χ4v) is 1.74. The van der Waals surface area contributed by atoms with Gasteiger partial charge in [0.2, 0.25) is 0 Å². The Balaban J connectivity index is 3.88. The molecule has 0 saturated heterocycles. The van der Waals surface area contributed by atoms with E-state index >= 15 is 0 Å². The first-order valence-electron chi connectivity index (χ1n) is 4.20. The van der Waals surface area contributed by atoms with Gasteiger partial charge in [-0.2, -0.15) is 8.42 Å². The summed E-state index contributed by atoms with van der Waals surface area (Å²) in [6.45, 7) is 1.47. The van der Waals surface area contributed by atoms with Crippen LogP contribution in [0.5, 0.6) is 0 Å². The fraction of sp³-hybridized carbons (Fsp3) is 1.00. The van der Waals surface area contributed by atoms with Gasteiger partial charge in [-0.15, -0.1) is 0 Å². The molecule has 0 radical (unpaired) electrons. The summed E-state index contributed by atoms with van der Waals surface area (Å²) in [4.78, 5) is 0. The maximum absolute atomic E-state index is 10.3. The first kappa shape index (κ1) is 13.8. The van der Waals surface area contributed by atoms with Gasteiger partial charge in [0.15, 0.2) is 0 Å². The first-order chi connectivity index (χ1) is 6.20. The van der Waals surface area contributed by atoms with Crippen molar-refractivity contribution in [2.24, 2.45) is 0 Å². The van der Waals surface area contributed by atoms with Crippen molar-refractivity contribution in [1.29, 1.82) is 0 Å². The highest BCUT2D eigenvalue weighted by atomic mass is 32.2. The molecule has 6 nitrogen and oxygen atoms in total. The average Bonchev–Trinajstić information content (AvgIpc) is 1.77. The lowest BCUT2D eigenvalue weighted by Crippen LogP contribution is -2.27. The molecule has 0 aliphatic heterocycles. The lowest BCUT2D eigenvalue weighted by atomic mass is 10.1. The van der Waals surface area contributed by atoms with E-state index in [4.69, 9.17) is 14.8 Å². The van der Waals surface area contributed by atoms with Crippen LogP contribution in [0.25, 0.3) is 0 Å². The van der Waals surface area contributed by atoms with Gasteiger partial charge in [0.25, 0.3) is 10.1 Å². The zero-order chi connectivity index (χ0) is 11.4. The third kappa shape index (κ3) is 8.39. The number of hydrogen-bond donors (Lipinski definition) is 4. The highest BCUT2D eigenvalue weighted by Gasteiger charge is 2.18. The van der Waals surface area contributed by atoms with E-state index in [1.807, 2.05) is 0 Å². The summed E-state index contributed by atoms with van der Waals surface area (Å²) < 4.78 is 29.0. The summed E-state index contributed by atoms with van der Waals surface area (Å²) in [6, 6.07) is 0. The summed E-state index contributed by atoms with van der Waals surface area (Å²) in [5.41, 5.74) is 0. The van der Waals surface area contributed by atoms with Gasteiger partial charge in [0.05, 0.1) is 18.3 Å². The SMILES string of the molecule is CC(O)CC(O)CC(O)CS(=O)(=O)O. The number of aliphatic hydroxyl groups is 3. The van der Waals surface area contributed by atoms with E-state index < -0.39 is 34.2 Å². The zero-order valence-corrected chi connectivity index (χ0v) is 8.68. The van der Waals surface area contributed by atoms with Crippen LogP contribution in [0.3, 0.4) is 0 Å². The molecule has 0 aromatic carbocycles. The molecule has 0 bridgehead atoms. The topological polar surface area (TPSA) is 115 Å². The maximum atomic E-state index is 10.3. The molecule has 0 saturated carbocycles. The van der Waals surface area contributed by atoms with Crippen molar-refractivity contribution in [3.63, 3.8) is 0 Å². The Labute approximate surface area is 82.9 Å². The van der Waals surface area contributed by atoms with E-state index in [-0.39, 0.29) is 12.8 Å². The van der Waals surface area contributed by atoms with Crippen molar-refractivity contribution in [2.75, 3.05) is 5.75 Å². The van der Waals surface area contributed by atoms with Crippen LogP contribution < -0.4 is 0 Å². The molecule has 14 heavy (non-hydrogen) atoms. The van der Waals surface area contributed by atoms with E-state index in [2.05, 4.69) is 0 Å². The molecule has 3 unspecified atom stereocenters. The smallest absolute Gasteiger partial charge is 0.267 e. The van der Waals surface area contributed by atoms with Crippen molar-refractivity contribution in [1.82, 2.24) is 0 Å². The van der Waals surface area contributed by atoms with E-state index in [1.165, 1.54) is 6.92 Å². The average molecular weight is 228 g/mol. The molecule has 4 N–H and O–H groups in total. The van der Waals surface area contributed by atoms with Gasteiger partial charge in [-0.25, -0.2) is 0 Å². The van der Waals surface area contributed by atoms with Gasteiger partial charge in [-0.05, 0) is 13.3 Å². The Morgan fingerprint density at radius 3 is 1.93 bits per heavy atom. The van der Waals surface area contributed by atoms with E-state index in [9.17, 15) is 13.5 Å². The lowest BCUT2D eigenvalue weighted by molar-refractivity contribution is 0.0513. The van der Waals surface area contributed by atoms with E-state index in [1.54, 1.807) is 0 Å². The van der Waals surface area contributed by atoms with Crippen LogP contribution in [0, 0.1) is 0 Å². The van der Waals surface area contributed by atoms with Crippen molar-refractivity contribution >= 4 is 10.1 Å². The maximum Gasteiger partial charge on any atom is 0.267 e. The number of hydrogen-bond acceptors (Lipinski definition) is 5. The van der Waals surface area contributed by atoms with Gasteiger partial charge in [-0.1, -0.05) is 0 Å². The van der Waals surface area contributed by atoms with Crippen LogP contribution in [0.1, 0.15) is 19.8 Å². The van der Waals surface area contributed by atoms with Crippen molar-refractivity contribution in [3.05, 3.63) is 0 Å². The van der Waals surface area contributed by atoms with Crippen molar-refractivity contribution in [2.45, 2.75) is 38.1 Å². The second kappa shape index (κ2) is 5.62. The molecule has 0 rings (SSSR count). The molecular formula is C7H16O6S. The van der Waals surface area contributed by atoms with Crippen LogP contribution in [0.2, 0.25) is 0 Å². The van der Waals surface area contributed by atoms with Crippen molar-refractivity contribution < 1.29 is 28.3 Å². The van der Waals surface area contributed by atoms with Crippen LogP contribution in [0.15, 0.2) is 0 Å². The standard InChI is InChI=1S/C7H16O6S/c1-5(8)2-6(9)3-7(10)4-14(11,12)13/h5-10H,2-4H2,1H3,(H,11,12,13). The summed E-state index contributed by atoms with van der Waals surface area (Å²) >= 11 is 0. The van der Waals surface area contributed by atoms with Crippen LogP contribution in [0.4, 0.5) is 0 Å². The van der Waals surface area contributed by atoms with Gasteiger partial charge in [-0.3, -0.25) is 4.55 Å². The quantitative estimate of drug-likeness (QED) is 0.423. The van der Waals surface area contributed by atoms with Crippen LogP contribution in [-0.2, 0) is 10.1 Å². The molecule has 0 aromatic rings. The van der Waals surface area contributed by atoms with Crippen molar-refractivity contribution in [3.8, 4) is 0 Å². The molecular weight excluding hydrogens is 212 g/mol. The van der Waals surface area contributed by atoms with Crippen LogP contribution in [-0.4, -0.2) is 52.4 Å². The summed E-state index contributed by atoms with van der Waals surface area (Å²) in [6.07, 6.45) is -3.15. The van der Waals surface area contributed by atoms with E-state index in [0.717, 1.165) is 0 Å². The summed E-state index contributed by atoms with van der Waals surface area (Å²) in [5, 5.41) is 27.1. The minimum atomic E-state index is -4.22. The minimum Gasteiger partial charge on any atom is -0.393 e. The third-order valence-corrected chi connectivity index (χ3v) is 2.37. The van der Waals surface area contributed by atoms with E-state index in [0.29, 0.717) is 0 Å². The third-order valence-electron chi connectivity index (χ3n) is 1.56.